The topological polar surface area (TPSA) is 60.0 Å². The summed E-state index contributed by atoms with van der Waals surface area (Å²) in [5.74, 6) is 0.0989. The highest BCUT2D eigenvalue weighted by atomic mass is 19.1. The molecule has 0 aliphatic carbocycles. The molecule has 1 N–H and O–H groups in total. The zero-order valence-corrected chi connectivity index (χ0v) is 14.5. The van der Waals surface area contributed by atoms with Crippen molar-refractivity contribution in [2.24, 2.45) is 7.05 Å². The van der Waals surface area contributed by atoms with E-state index in [9.17, 15) is 4.39 Å². The van der Waals surface area contributed by atoms with E-state index in [-0.39, 0.29) is 5.82 Å². The molecule has 6 nitrogen and oxygen atoms in total. The van der Waals surface area contributed by atoms with E-state index in [4.69, 9.17) is 0 Å². The number of aryl methyl sites for hydroxylation is 1. The first-order valence-electron chi connectivity index (χ1n) is 8.88. The second-order valence-electron chi connectivity index (χ2n) is 6.91. The average Bonchev–Trinajstić information content (AvgIpc) is 3.26. The normalized spacial score (nSPS) is 15.9. The quantitative estimate of drug-likeness (QED) is 0.604. The van der Waals surface area contributed by atoms with Gasteiger partial charge >= 0.3 is 0 Å². The number of benzene rings is 1. The van der Waals surface area contributed by atoms with Gasteiger partial charge in [0.15, 0.2) is 11.5 Å². The molecule has 1 fully saturated rings. The predicted octanol–water partition coefficient (Wildman–Crippen LogP) is 2.89. The standard InChI is InChI=1S/C19H19FN6/c1-25-18-9-13(2-3-16(18)23-24-25)14-8-15(20)19-22-17(11-26(19)10-14)12-4-6-21-7-5-12/h2-3,8-12,21H,4-7H2,1H3. The van der Waals surface area contributed by atoms with E-state index in [1.165, 1.54) is 0 Å². The highest BCUT2D eigenvalue weighted by Gasteiger charge is 2.19. The molecule has 0 amide bonds. The molecule has 7 heteroatoms. The molecule has 4 aromatic rings. The molecule has 26 heavy (non-hydrogen) atoms. The maximum absolute atomic E-state index is 14.7. The Morgan fingerprint density at radius 1 is 1.12 bits per heavy atom. The maximum Gasteiger partial charge on any atom is 0.173 e. The Labute approximate surface area is 149 Å². The molecule has 0 spiro atoms. The van der Waals surface area contributed by atoms with Crippen LogP contribution < -0.4 is 5.32 Å². The van der Waals surface area contributed by atoms with Crippen molar-refractivity contribution in [1.82, 2.24) is 29.7 Å². The summed E-state index contributed by atoms with van der Waals surface area (Å²) in [6.07, 6.45) is 6.01. The molecule has 5 rings (SSSR count). The number of hydrogen-bond acceptors (Lipinski definition) is 4. The van der Waals surface area contributed by atoms with Crippen molar-refractivity contribution in [3.05, 3.63) is 48.2 Å². The van der Waals surface area contributed by atoms with Crippen LogP contribution in [0.2, 0.25) is 0 Å². The molecular weight excluding hydrogens is 331 g/mol. The molecule has 0 saturated carbocycles. The molecule has 132 valence electrons. The monoisotopic (exact) mass is 350 g/mol. The molecule has 1 aromatic carbocycles. The number of imidazole rings is 1. The number of aromatic nitrogens is 5. The van der Waals surface area contributed by atoms with Crippen molar-refractivity contribution < 1.29 is 4.39 Å². The second kappa shape index (κ2) is 5.88. The first-order valence-corrected chi connectivity index (χ1v) is 8.88. The van der Waals surface area contributed by atoms with Crippen LogP contribution in [0.25, 0.3) is 27.8 Å². The van der Waals surface area contributed by atoms with Crippen LogP contribution in [-0.4, -0.2) is 37.5 Å². The minimum absolute atomic E-state index is 0.300. The van der Waals surface area contributed by atoms with Gasteiger partial charge in [-0.25, -0.2) is 14.1 Å². The van der Waals surface area contributed by atoms with Crippen LogP contribution >= 0.6 is 0 Å². The lowest BCUT2D eigenvalue weighted by molar-refractivity contribution is 0.454. The first kappa shape index (κ1) is 15.5. The SMILES string of the molecule is Cn1nnc2ccc(-c3cc(F)c4nc(C5CCNCC5)cn4c3)cc21. The third-order valence-electron chi connectivity index (χ3n) is 5.23. The molecule has 0 unspecified atom stereocenters. The van der Waals surface area contributed by atoms with Crippen molar-refractivity contribution in [2.75, 3.05) is 13.1 Å². The molecule has 3 aromatic heterocycles. The number of rotatable bonds is 2. The highest BCUT2D eigenvalue weighted by molar-refractivity contribution is 5.81. The maximum atomic E-state index is 14.7. The van der Waals surface area contributed by atoms with Gasteiger partial charge in [0.1, 0.15) is 5.52 Å². The van der Waals surface area contributed by atoms with Crippen molar-refractivity contribution >= 4 is 16.7 Å². The van der Waals surface area contributed by atoms with Crippen LogP contribution in [0.1, 0.15) is 24.5 Å². The predicted molar refractivity (Wildman–Crippen MR) is 97.5 cm³/mol. The average molecular weight is 350 g/mol. The summed E-state index contributed by atoms with van der Waals surface area (Å²) in [6, 6.07) is 7.40. The lowest BCUT2D eigenvalue weighted by Gasteiger charge is -2.20. The molecule has 0 atom stereocenters. The molecule has 4 heterocycles. The zero-order valence-electron chi connectivity index (χ0n) is 14.5. The Bertz CT molecular complexity index is 1110. The van der Waals surface area contributed by atoms with E-state index in [2.05, 4.69) is 20.6 Å². The van der Waals surface area contributed by atoms with Gasteiger partial charge in [0.2, 0.25) is 0 Å². The van der Waals surface area contributed by atoms with E-state index in [1.54, 1.807) is 10.7 Å². The van der Waals surface area contributed by atoms with Crippen LogP contribution in [0, 0.1) is 5.82 Å². The third-order valence-corrected chi connectivity index (χ3v) is 5.23. The molecule has 1 aliphatic rings. The Morgan fingerprint density at radius 2 is 1.96 bits per heavy atom. The van der Waals surface area contributed by atoms with Crippen LogP contribution in [0.15, 0.2) is 36.7 Å². The number of piperidine rings is 1. The third kappa shape index (κ3) is 2.47. The minimum Gasteiger partial charge on any atom is -0.317 e. The van der Waals surface area contributed by atoms with Gasteiger partial charge in [0.25, 0.3) is 0 Å². The molecule has 1 saturated heterocycles. The lowest BCUT2D eigenvalue weighted by atomic mass is 9.95. The van der Waals surface area contributed by atoms with Crippen LogP contribution in [-0.2, 0) is 7.05 Å². The fourth-order valence-electron chi connectivity index (χ4n) is 3.76. The van der Waals surface area contributed by atoms with Crippen molar-refractivity contribution in [3.63, 3.8) is 0 Å². The van der Waals surface area contributed by atoms with Crippen molar-refractivity contribution in [2.45, 2.75) is 18.8 Å². The van der Waals surface area contributed by atoms with Gasteiger partial charge in [0, 0.05) is 30.9 Å². The molecular formula is C19H19FN6. The Kier molecular flexibility index (Phi) is 3.49. The fraction of sp³-hybridized carbons (Fsp3) is 0.316. The van der Waals surface area contributed by atoms with Gasteiger partial charge in [-0.1, -0.05) is 11.3 Å². The largest absolute Gasteiger partial charge is 0.317 e. The molecule has 0 radical (unpaired) electrons. The van der Waals surface area contributed by atoms with E-state index >= 15 is 0 Å². The Morgan fingerprint density at radius 3 is 2.81 bits per heavy atom. The van der Waals surface area contributed by atoms with Gasteiger partial charge in [-0.15, -0.1) is 5.10 Å². The summed E-state index contributed by atoms with van der Waals surface area (Å²) < 4.78 is 18.3. The smallest absolute Gasteiger partial charge is 0.173 e. The summed E-state index contributed by atoms with van der Waals surface area (Å²) in [5.41, 5.74) is 4.87. The number of halogens is 1. The minimum atomic E-state index is -0.300. The summed E-state index contributed by atoms with van der Waals surface area (Å²) in [5, 5.41) is 11.5. The summed E-state index contributed by atoms with van der Waals surface area (Å²) >= 11 is 0. The summed E-state index contributed by atoms with van der Waals surface area (Å²) in [7, 11) is 1.85. The van der Waals surface area contributed by atoms with E-state index in [0.29, 0.717) is 11.6 Å². The van der Waals surface area contributed by atoms with E-state index in [0.717, 1.165) is 53.8 Å². The number of hydrogen-bond donors (Lipinski definition) is 1. The van der Waals surface area contributed by atoms with E-state index in [1.807, 2.05) is 42.0 Å². The van der Waals surface area contributed by atoms with Crippen LogP contribution in [0.3, 0.4) is 0 Å². The van der Waals surface area contributed by atoms with Gasteiger partial charge in [0.05, 0.1) is 11.2 Å². The lowest BCUT2D eigenvalue weighted by Crippen LogP contribution is -2.26. The van der Waals surface area contributed by atoms with Gasteiger partial charge in [-0.2, -0.15) is 0 Å². The first-order chi connectivity index (χ1) is 12.7. The molecule has 1 aliphatic heterocycles. The zero-order chi connectivity index (χ0) is 17.7. The number of nitrogens with one attached hydrogen (secondary N) is 1. The van der Waals surface area contributed by atoms with Gasteiger partial charge in [-0.3, -0.25) is 0 Å². The van der Waals surface area contributed by atoms with Crippen LogP contribution in [0.4, 0.5) is 4.39 Å². The molecule has 0 bridgehead atoms. The van der Waals surface area contributed by atoms with Gasteiger partial charge in [-0.05, 0) is 49.7 Å². The summed E-state index contributed by atoms with van der Waals surface area (Å²) in [4.78, 5) is 4.56. The highest BCUT2D eigenvalue weighted by Crippen LogP contribution is 2.28. The van der Waals surface area contributed by atoms with Crippen molar-refractivity contribution in [3.8, 4) is 11.1 Å². The van der Waals surface area contributed by atoms with Crippen molar-refractivity contribution in [1.29, 1.82) is 0 Å². The Balaban J connectivity index is 1.60. The number of nitrogens with zero attached hydrogens (tertiary/aromatic N) is 5. The fourth-order valence-corrected chi connectivity index (χ4v) is 3.76. The number of fused-ring (bicyclic) bond motifs is 2. The van der Waals surface area contributed by atoms with Crippen LogP contribution in [0.5, 0.6) is 0 Å². The number of pyridine rings is 1. The summed E-state index contributed by atoms with van der Waals surface area (Å²) in [6.45, 7) is 1.98. The van der Waals surface area contributed by atoms with Gasteiger partial charge < -0.3 is 9.72 Å². The Hall–Kier alpha value is -2.80. The second-order valence-corrected chi connectivity index (χ2v) is 6.91. The van der Waals surface area contributed by atoms with E-state index < -0.39 is 0 Å².